The summed E-state index contributed by atoms with van der Waals surface area (Å²) in [6.45, 7) is 3.63. The monoisotopic (exact) mass is 232 g/mol. The second-order valence-corrected chi connectivity index (χ2v) is 4.01. The molecule has 0 nitrogen and oxygen atoms in total. The van der Waals surface area contributed by atoms with E-state index < -0.39 is 11.7 Å². The van der Waals surface area contributed by atoms with Crippen LogP contribution >= 0.6 is 11.8 Å². The molecule has 0 aliphatic rings. The molecule has 0 atom stereocenters. The Morgan fingerprint density at radius 3 is 2.47 bits per heavy atom. The molecule has 0 aliphatic heterocycles. The molecule has 0 aliphatic carbocycles. The molecule has 1 rings (SSSR count). The first-order valence-corrected chi connectivity index (χ1v) is 5.29. The number of benzene rings is 1. The summed E-state index contributed by atoms with van der Waals surface area (Å²) in [7, 11) is 0. The highest BCUT2D eigenvalue weighted by molar-refractivity contribution is 8.02. The molecule has 0 fully saturated rings. The van der Waals surface area contributed by atoms with Crippen molar-refractivity contribution in [3.05, 3.63) is 40.8 Å². The Labute approximate surface area is 91.2 Å². The van der Waals surface area contributed by atoms with Crippen molar-refractivity contribution in [1.29, 1.82) is 0 Å². The predicted molar refractivity (Wildman–Crippen MR) is 56.9 cm³/mol. The van der Waals surface area contributed by atoms with Gasteiger partial charge in [0, 0.05) is 4.90 Å². The van der Waals surface area contributed by atoms with Crippen LogP contribution in [0.1, 0.15) is 18.1 Å². The molecule has 0 heterocycles. The molecule has 0 saturated heterocycles. The van der Waals surface area contributed by atoms with Crippen LogP contribution in [-0.2, 0) is 6.18 Å². The predicted octanol–water partition coefficient (Wildman–Crippen LogP) is 4.64. The van der Waals surface area contributed by atoms with Gasteiger partial charge in [0.15, 0.2) is 0 Å². The second kappa shape index (κ2) is 4.75. The molecule has 1 aromatic rings. The lowest BCUT2D eigenvalue weighted by Crippen LogP contribution is -2.04. The molecule has 0 N–H and O–H groups in total. The highest BCUT2D eigenvalue weighted by Gasteiger charge is 2.30. The number of aryl methyl sites for hydroxylation is 1. The summed E-state index contributed by atoms with van der Waals surface area (Å²) < 4.78 is 37.2. The van der Waals surface area contributed by atoms with E-state index in [0.717, 1.165) is 11.6 Å². The fraction of sp³-hybridized carbons (Fsp3) is 0.273. The summed E-state index contributed by atoms with van der Waals surface area (Å²) in [5.41, 5.74) is 0.256. The van der Waals surface area contributed by atoms with Crippen molar-refractivity contribution in [3.63, 3.8) is 0 Å². The lowest BCUT2D eigenvalue weighted by Gasteiger charge is -2.09. The molecule has 0 saturated carbocycles. The quantitative estimate of drug-likeness (QED) is 0.669. The SMILES string of the molecule is C/C=C/Sc1cc(C(F)(F)F)ccc1C. The Balaban J connectivity index is 3.05. The maximum atomic E-state index is 12.4. The zero-order chi connectivity index (χ0) is 11.5. The van der Waals surface area contributed by atoms with Gasteiger partial charge in [-0.2, -0.15) is 13.2 Å². The Morgan fingerprint density at radius 1 is 1.27 bits per heavy atom. The molecular formula is C11H11F3S. The molecule has 1 aromatic carbocycles. The van der Waals surface area contributed by atoms with Crippen LogP contribution in [0.25, 0.3) is 0 Å². The number of halogens is 3. The van der Waals surface area contributed by atoms with Gasteiger partial charge in [0.2, 0.25) is 0 Å². The molecule has 0 unspecified atom stereocenters. The third kappa shape index (κ3) is 3.30. The first-order chi connectivity index (χ1) is 6.95. The summed E-state index contributed by atoms with van der Waals surface area (Å²) in [6, 6.07) is 3.78. The topological polar surface area (TPSA) is 0 Å². The number of allylic oxidation sites excluding steroid dienone is 1. The maximum absolute atomic E-state index is 12.4. The van der Waals surface area contributed by atoms with Crippen LogP contribution in [0.15, 0.2) is 34.6 Å². The largest absolute Gasteiger partial charge is 0.416 e. The van der Waals surface area contributed by atoms with Gasteiger partial charge in [-0.3, -0.25) is 0 Å². The van der Waals surface area contributed by atoms with Crippen molar-refractivity contribution in [2.75, 3.05) is 0 Å². The van der Waals surface area contributed by atoms with E-state index in [1.54, 1.807) is 18.4 Å². The van der Waals surface area contributed by atoms with Crippen molar-refractivity contribution in [2.24, 2.45) is 0 Å². The van der Waals surface area contributed by atoms with Crippen LogP contribution in [-0.4, -0.2) is 0 Å². The molecule has 0 aromatic heterocycles. The maximum Gasteiger partial charge on any atom is 0.416 e. The Hall–Kier alpha value is -0.900. The summed E-state index contributed by atoms with van der Waals surface area (Å²) >= 11 is 1.30. The lowest BCUT2D eigenvalue weighted by molar-refractivity contribution is -0.137. The average molecular weight is 232 g/mol. The minimum atomic E-state index is -4.26. The van der Waals surface area contributed by atoms with Crippen molar-refractivity contribution in [3.8, 4) is 0 Å². The highest BCUT2D eigenvalue weighted by Crippen LogP contribution is 2.33. The first kappa shape index (κ1) is 12.2. The number of alkyl halides is 3. The van der Waals surface area contributed by atoms with Crippen LogP contribution in [0.2, 0.25) is 0 Å². The summed E-state index contributed by atoms with van der Waals surface area (Å²) in [5, 5.41) is 1.77. The van der Waals surface area contributed by atoms with Crippen molar-refractivity contribution in [1.82, 2.24) is 0 Å². The number of rotatable bonds is 2. The molecule has 0 radical (unpaired) electrons. The van der Waals surface area contributed by atoms with Crippen LogP contribution in [0.3, 0.4) is 0 Å². The smallest absolute Gasteiger partial charge is 0.166 e. The third-order valence-electron chi connectivity index (χ3n) is 1.85. The number of hydrogen-bond donors (Lipinski definition) is 0. The van der Waals surface area contributed by atoms with E-state index in [2.05, 4.69) is 0 Å². The third-order valence-corrected chi connectivity index (χ3v) is 2.95. The van der Waals surface area contributed by atoms with Crippen molar-refractivity contribution < 1.29 is 13.2 Å². The van der Waals surface area contributed by atoms with E-state index in [0.29, 0.717) is 4.90 Å². The lowest BCUT2D eigenvalue weighted by atomic mass is 10.1. The van der Waals surface area contributed by atoms with Crippen LogP contribution in [0, 0.1) is 6.92 Å². The van der Waals surface area contributed by atoms with Gasteiger partial charge in [-0.05, 0) is 37.0 Å². The van der Waals surface area contributed by atoms with Gasteiger partial charge in [0.05, 0.1) is 5.56 Å². The minimum absolute atomic E-state index is 0.597. The van der Waals surface area contributed by atoms with E-state index in [9.17, 15) is 13.2 Å². The molecule has 15 heavy (non-hydrogen) atoms. The fourth-order valence-corrected chi connectivity index (χ4v) is 1.78. The summed E-state index contributed by atoms with van der Waals surface area (Å²) in [4.78, 5) is 0.642. The normalized spacial score (nSPS) is 12.3. The zero-order valence-corrected chi connectivity index (χ0v) is 9.25. The first-order valence-electron chi connectivity index (χ1n) is 4.41. The number of thioether (sulfide) groups is 1. The van der Waals surface area contributed by atoms with Gasteiger partial charge in [-0.15, -0.1) is 0 Å². The Kier molecular flexibility index (Phi) is 3.85. The second-order valence-electron chi connectivity index (χ2n) is 3.07. The summed E-state index contributed by atoms with van der Waals surface area (Å²) in [6.07, 6.45) is -2.47. The van der Waals surface area contributed by atoms with Gasteiger partial charge in [-0.1, -0.05) is 23.9 Å². The summed E-state index contributed by atoms with van der Waals surface area (Å²) in [5.74, 6) is 0. The number of hydrogen-bond acceptors (Lipinski definition) is 1. The van der Waals surface area contributed by atoms with Gasteiger partial charge in [-0.25, -0.2) is 0 Å². The van der Waals surface area contributed by atoms with Crippen molar-refractivity contribution >= 4 is 11.8 Å². The standard InChI is InChI=1S/C11H11F3S/c1-3-6-15-10-7-9(11(12,13)14)5-4-8(10)2/h3-7H,1-2H3/b6-3+. The van der Waals surface area contributed by atoms with Gasteiger partial charge < -0.3 is 0 Å². The van der Waals surface area contributed by atoms with Crippen molar-refractivity contribution in [2.45, 2.75) is 24.9 Å². The van der Waals surface area contributed by atoms with Gasteiger partial charge >= 0.3 is 6.18 Å². The minimum Gasteiger partial charge on any atom is -0.166 e. The molecule has 82 valence electrons. The Morgan fingerprint density at radius 2 is 1.93 bits per heavy atom. The molecular weight excluding hydrogens is 221 g/mol. The average Bonchev–Trinajstić information content (AvgIpc) is 2.15. The fourth-order valence-electron chi connectivity index (χ4n) is 1.04. The zero-order valence-electron chi connectivity index (χ0n) is 8.43. The van der Waals surface area contributed by atoms with E-state index in [4.69, 9.17) is 0 Å². The molecule has 0 amide bonds. The van der Waals surface area contributed by atoms with Crippen LogP contribution < -0.4 is 0 Å². The van der Waals surface area contributed by atoms with E-state index in [1.165, 1.54) is 23.9 Å². The van der Waals surface area contributed by atoms with Gasteiger partial charge in [0.1, 0.15) is 0 Å². The van der Waals surface area contributed by atoms with Crippen LogP contribution in [0.4, 0.5) is 13.2 Å². The Bertz CT molecular complexity index is 367. The molecule has 0 bridgehead atoms. The van der Waals surface area contributed by atoms with E-state index >= 15 is 0 Å². The molecule has 4 heteroatoms. The van der Waals surface area contributed by atoms with Gasteiger partial charge in [0.25, 0.3) is 0 Å². The van der Waals surface area contributed by atoms with E-state index in [-0.39, 0.29) is 0 Å². The van der Waals surface area contributed by atoms with E-state index in [1.807, 2.05) is 6.92 Å². The van der Waals surface area contributed by atoms with Crippen LogP contribution in [0.5, 0.6) is 0 Å². The molecule has 0 spiro atoms. The highest BCUT2D eigenvalue weighted by atomic mass is 32.2.